The molecule has 2 heterocycles. The second-order valence-electron chi connectivity index (χ2n) is 2.47. The average Bonchev–Trinajstić information content (AvgIpc) is 2.04. The predicted octanol–water partition coefficient (Wildman–Crippen LogP) is 0.0720. The summed E-state index contributed by atoms with van der Waals surface area (Å²) in [6, 6.07) is 5.62. The zero-order chi connectivity index (χ0) is 7.68. The molecule has 0 spiro atoms. The molecule has 0 amide bonds. The smallest absolute Gasteiger partial charge is 0.379 e. The molecule has 0 saturated carbocycles. The number of carbonyl (C=O) groups is 1. The normalized spacial score (nSPS) is 22.2. The summed E-state index contributed by atoms with van der Waals surface area (Å²) >= 11 is 0. The number of aromatic nitrogens is 1. The van der Waals surface area contributed by atoms with E-state index in [1.807, 2.05) is 35.2 Å². The van der Waals surface area contributed by atoms with Crippen molar-refractivity contribution in [2.45, 2.75) is 6.04 Å². The number of ether oxygens (including phenoxy) is 1. The van der Waals surface area contributed by atoms with E-state index in [1.54, 1.807) is 0 Å². The quantitative estimate of drug-likeness (QED) is 0.419. The largest absolute Gasteiger partial charge is 0.453 e. The number of nitrogens with zero attached hydrogens (tertiary/aromatic N) is 1. The van der Waals surface area contributed by atoms with Gasteiger partial charge in [-0.1, -0.05) is 6.07 Å². The lowest BCUT2D eigenvalue weighted by molar-refractivity contribution is -0.721. The molecule has 0 aromatic carbocycles. The number of hydrogen-bond acceptors (Lipinski definition) is 2. The average molecular weight is 150 g/mol. The maximum Gasteiger partial charge on any atom is 0.379 e. The third kappa shape index (κ3) is 0.981. The Balaban J connectivity index is 2.23. The molecular weight excluding hydrogens is 142 g/mol. The molecule has 56 valence electrons. The van der Waals surface area contributed by atoms with Crippen molar-refractivity contribution in [2.75, 3.05) is 6.61 Å². The first-order valence-electron chi connectivity index (χ1n) is 3.50. The number of carbonyl (C=O) groups excluding carboxylic acids is 1. The molecule has 1 aliphatic rings. The van der Waals surface area contributed by atoms with E-state index >= 15 is 0 Å². The van der Waals surface area contributed by atoms with Crippen molar-refractivity contribution >= 4 is 5.97 Å². The minimum Gasteiger partial charge on any atom is -0.453 e. The molecule has 1 aliphatic heterocycles. The maximum absolute atomic E-state index is 10.8. The second-order valence-corrected chi connectivity index (χ2v) is 2.47. The third-order valence-corrected chi connectivity index (χ3v) is 1.75. The molecule has 1 aromatic heterocycles. The molecule has 1 fully saturated rings. The Kier molecular flexibility index (Phi) is 1.35. The van der Waals surface area contributed by atoms with E-state index in [-0.39, 0.29) is 12.0 Å². The first-order chi connectivity index (χ1) is 5.38. The molecule has 1 saturated heterocycles. The first-order valence-corrected chi connectivity index (χ1v) is 3.50. The summed E-state index contributed by atoms with van der Waals surface area (Å²) in [5, 5.41) is 0. The van der Waals surface area contributed by atoms with Crippen molar-refractivity contribution in [3.63, 3.8) is 0 Å². The Morgan fingerprint density at radius 1 is 1.36 bits per heavy atom. The second kappa shape index (κ2) is 2.34. The number of cyclic esters (lactones) is 1. The summed E-state index contributed by atoms with van der Waals surface area (Å²) in [4.78, 5) is 10.8. The van der Waals surface area contributed by atoms with E-state index in [1.165, 1.54) is 0 Å². The van der Waals surface area contributed by atoms with Crippen LogP contribution in [0.25, 0.3) is 0 Å². The Morgan fingerprint density at radius 3 is 2.55 bits per heavy atom. The lowest BCUT2D eigenvalue weighted by atomic mass is 10.2. The Bertz CT molecular complexity index is 271. The highest BCUT2D eigenvalue weighted by Crippen LogP contribution is 2.10. The van der Waals surface area contributed by atoms with Gasteiger partial charge < -0.3 is 4.74 Å². The highest BCUT2D eigenvalue weighted by atomic mass is 16.6. The molecular formula is C8H8NO2+. The summed E-state index contributed by atoms with van der Waals surface area (Å²) in [6.45, 7) is 0.507. The van der Waals surface area contributed by atoms with Gasteiger partial charge in [-0.3, -0.25) is 0 Å². The van der Waals surface area contributed by atoms with E-state index in [9.17, 15) is 4.79 Å². The van der Waals surface area contributed by atoms with Crippen molar-refractivity contribution in [2.24, 2.45) is 0 Å². The van der Waals surface area contributed by atoms with Crippen molar-refractivity contribution in [1.29, 1.82) is 0 Å². The summed E-state index contributed by atoms with van der Waals surface area (Å²) in [7, 11) is 0. The van der Waals surface area contributed by atoms with E-state index in [4.69, 9.17) is 0 Å². The van der Waals surface area contributed by atoms with Crippen LogP contribution in [0.4, 0.5) is 0 Å². The summed E-state index contributed by atoms with van der Waals surface area (Å²) in [5.74, 6) is -0.138. The molecule has 1 unspecified atom stereocenters. The van der Waals surface area contributed by atoms with Crippen molar-refractivity contribution in [3.05, 3.63) is 30.6 Å². The first kappa shape index (κ1) is 6.34. The van der Waals surface area contributed by atoms with Crippen LogP contribution in [0.3, 0.4) is 0 Å². The van der Waals surface area contributed by atoms with Gasteiger partial charge in [-0.05, 0) is 0 Å². The summed E-state index contributed by atoms with van der Waals surface area (Å²) in [6.07, 6.45) is 3.73. The monoisotopic (exact) mass is 150 g/mol. The molecule has 0 radical (unpaired) electrons. The van der Waals surface area contributed by atoms with Gasteiger partial charge in [0.05, 0.1) is 0 Å². The SMILES string of the molecule is O=C1OCC1[n+]1ccccc1. The Labute approximate surface area is 64.2 Å². The van der Waals surface area contributed by atoms with Gasteiger partial charge in [-0.25, -0.2) is 4.79 Å². The van der Waals surface area contributed by atoms with E-state index in [0.29, 0.717) is 6.61 Å². The fraction of sp³-hybridized carbons (Fsp3) is 0.250. The maximum atomic E-state index is 10.8. The highest BCUT2D eigenvalue weighted by molar-refractivity contribution is 5.77. The van der Waals surface area contributed by atoms with Gasteiger partial charge in [0.1, 0.15) is 0 Å². The molecule has 3 nitrogen and oxygen atoms in total. The lowest BCUT2D eigenvalue weighted by Gasteiger charge is -2.18. The van der Waals surface area contributed by atoms with Crippen molar-refractivity contribution < 1.29 is 14.1 Å². The van der Waals surface area contributed by atoms with Gasteiger partial charge >= 0.3 is 5.97 Å². The van der Waals surface area contributed by atoms with Crippen LogP contribution in [-0.2, 0) is 9.53 Å². The molecule has 1 aromatic rings. The van der Waals surface area contributed by atoms with Crippen LogP contribution in [0.15, 0.2) is 30.6 Å². The molecule has 3 heteroatoms. The number of hydrogen-bond donors (Lipinski definition) is 0. The van der Waals surface area contributed by atoms with Gasteiger partial charge in [0, 0.05) is 12.1 Å². The number of esters is 1. The lowest BCUT2D eigenvalue weighted by Crippen LogP contribution is -2.53. The fourth-order valence-electron chi connectivity index (χ4n) is 1.05. The summed E-state index contributed by atoms with van der Waals surface area (Å²) < 4.78 is 6.49. The molecule has 1 atom stereocenters. The van der Waals surface area contributed by atoms with Crippen LogP contribution in [0.1, 0.15) is 6.04 Å². The van der Waals surface area contributed by atoms with Gasteiger partial charge in [-0.15, -0.1) is 0 Å². The molecule has 0 N–H and O–H groups in total. The van der Waals surface area contributed by atoms with E-state index in [2.05, 4.69) is 4.74 Å². The third-order valence-electron chi connectivity index (χ3n) is 1.75. The highest BCUT2D eigenvalue weighted by Gasteiger charge is 2.39. The van der Waals surface area contributed by atoms with Gasteiger partial charge in [0.2, 0.25) is 0 Å². The minimum atomic E-state index is -0.138. The summed E-state index contributed by atoms with van der Waals surface area (Å²) in [5.41, 5.74) is 0. The van der Waals surface area contributed by atoms with Gasteiger partial charge in [0.25, 0.3) is 6.04 Å². The molecule has 2 rings (SSSR count). The molecule has 0 bridgehead atoms. The van der Waals surface area contributed by atoms with Crippen LogP contribution in [0.5, 0.6) is 0 Å². The van der Waals surface area contributed by atoms with Crippen LogP contribution in [0, 0.1) is 0 Å². The zero-order valence-corrected chi connectivity index (χ0v) is 5.93. The topological polar surface area (TPSA) is 30.2 Å². The van der Waals surface area contributed by atoms with E-state index < -0.39 is 0 Å². The molecule has 11 heavy (non-hydrogen) atoms. The van der Waals surface area contributed by atoms with Crippen molar-refractivity contribution in [1.82, 2.24) is 0 Å². The number of pyridine rings is 1. The number of rotatable bonds is 1. The predicted molar refractivity (Wildman–Crippen MR) is 36.6 cm³/mol. The van der Waals surface area contributed by atoms with Crippen molar-refractivity contribution in [3.8, 4) is 0 Å². The molecule has 0 aliphatic carbocycles. The minimum absolute atomic E-state index is 0.0869. The van der Waals surface area contributed by atoms with Crippen LogP contribution >= 0.6 is 0 Å². The fourth-order valence-corrected chi connectivity index (χ4v) is 1.05. The van der Waals surface area contributed by atoms with Gasteiger partial charge in [-0.2, -0.15) is 4.57 Å². The van der Waals surface area contributed by atoms with E-state index in [0.717, 1.165) is 0 Å². The standard InChI is InChI=1S/C8H8NO2/c10-8-7(6-11-8)9-4-2-1-3-5-9/h1-5,7H,6H2/q+1. The van der Waals surface area contributed by atoms with Crippen LogP contribution in [0.2, 0.25) is 0 Å². The van der Waals surface area contributed by atoms with Gasteiger partial charge in [0.15, 0.2) is 19.0 Å². The zero-order valence-electron chi connectivity index (χ0n) is 5.93. The Hall–Kier alpha value is -1.38. The van der Waals surface area contributed by atoms with Crippen LogP contribution in [-0.4, -0.2) is 12.6 Å². The Morgan fingerprint density at radius 2 is 2.09 bits per heavy atom. The van der Waals surface area contributed by atoms with Crippen LogP contribution < -0.4 is 4.57 Å².